The molecular weight excluding hydrogens is 346 g/mol. The Morgan fingerprint density at radius 3 is 2.54 bits per heavy atom. The molecule has 0 aliphatic carbocycles. The molecule has 4 heteroatoms. The van der Waals surface area contributed by atoms with E-state index in [0.29, 0.717) is 18.7 Å². The number of ether oxygens (including phenoxy) is 1. The van der Waals surface area contributed by atoms with Crippen LogP contribution in [0.4, 0.5) is 5.69 Å². The number of aliphatic imine (C=N–C) groups is 1. The summed E-state index contributed by atoms with van der Waals surface area (Å²) in [6.45, 7) is 2.59. The fraction of sp³-hybridized carbons (Fsp3) is 0.136. The molecule has 0 fully saturated rings. The normalized spacial score (nSPS) is 11.0. The van der Waals surface area contributed by atoms with Gasteiger partial charge in [0.15, 0.2) is 0 Å². The van der Waals surface area contributed by atoms with Crippen LogP contribution in [0, 0.1) is 0 Å². The summed E-state index contributed by atoms with van der Waals surface area (Å²) in [6.07, 6.45) is 2.41. The van der Waals surface area contributed by atoms with E-state index in [2.05, 4.69) is 4.99 Å². The van der Waals surface area contributed by atoms with Gasteiger partial charge in [-0.3, -0.25) is 4.99 Å². The summed E-state index contributed by atoms with van der Waals surface area (Å²) < 4.78 is 5.43. The predicted molar refractivity (Wildman–Crippen MR) is 107 cm³/mol. The molecule has 0 atom stereocenters. The number of aromatic hydroxyl groups is 1. The summed E-state index contributed by atoms with van der Waals surface area (Å²) in [7, 11) is 0. The molecule has 0 saturated carbocycles. The van der Waals surface area contributed by atoms with Gasteiger partial charge in [-0.2, -0.15) is 0 Å². The first-order valence-corrected chi connectivity index (χ1v) is 8.85. The summed E-state index contributed by atoms with van der Waals surface area (Å²) in [5, 5.41) is 10.8. The molecule has 0 aliphatic rings. The number of nitrogens with zero attached hydrogens (tertiary/aromatic N) is 1. The van der Waals surface area contributed by atoms with Gasteiger partial charge in [0, 0.05) is 11.2 Å². The molecule has 0 bridgehead atoms. The van der Waals surface area contributed by atoms with Crippen LogP contribution < -0.4 is 4.74 Å². The Morgan fingerprint density at radius 1 is 1.04 bits per heavy atom. The zero-order chi connectivity index (χ0) is 18.4. The molecule has 3 rings (SSSR count). The third kappa shape index (κ3) is 4.64. The van der Waals surface area contributed by atoms with Gasteiger partial charge in [0.2, 0.25) is 0 Å². The first kappa shape index (κ1) is 18.0. The van der Waals surface area contributed by atoms with Crippen molar-refractivity contribution in [3.63, 3.8) is 0 Å². The molecule has 0 aromatic heterocycles. The number of phenols is 1. The van der Waals surface area contributed by atoms with Gasteiger partial charge in [-0.05, 0) is 72.5 Å². The van der Waals surface area contributed by atoms with E-state index in [9.17, 15) is 5.11 Å². The standard InChI is InChI=1S/C22H20ClNO2/c1-2-26-19-10-7-16(8-11-19)15-24-21-14-17(9-12-22(21)25)13-18-5-3-4-6-20(18)23/h3-12,14-15,25H,2,13H2,1H3. The van der Waals surface area contributed by atoms with E-state index < -0.39 is 0 Å². The highest BCUT2D eigenvalue weighted by atomic mass is 35.5. The van der Waals surface area contributed by atoms with Crippen molar-refractivity contribution >= 4 is 23.5 Å². The second-order valence-electron chi connectivity index (χ2n) is 5.85. The Balaban J connectivity index is 1.78. The Labute approximate surface area is 158 Å². The first-order valence-electron chi connectivity index (χ1n) is 8.48. The number of halogens is 1. The minimum Gasteiger partial charge on any atom is -0.506 e. The summed E-state index contributed by atoms with van der Waals surface area (Å²) in [5.74, 6) is 0.976. The summed E-state index contributed by atoms with van der Waals surface area (Å²) in [5.41, 5.74) is 3.55. The molecule has 0 heterocycles. The van der Waals surface area contributed by atoms with Crippen molar-refractivity contribution in [2.24, 2.45) is 4.99 Å². The topological polar surface area (TPSA) is 41.8 Å². The lowest BCUT2D eigenvalue weighted by atomic mass is 10.0. The highest BCUT2D eigenvalue weighted by molar-refractivity contribution is 6.31. The zero-order valence-corrected chi connectivity index (χ0v) is 15.3. The quantitative estimate of drug-likeness (QED) is 0.562. The van der Waals surface area contributed by atoms with Crippen LogP contribution in [0.25, 0.3) is 0 Å². The van der Waals surface area contributed by atoms with E-state index >= 15 is 0 Å². The van der Waals surface area contributed by atoms with Crippen molar-refractivity contribution in [1.29, 1.82) is 0 Å². The van der Waals surface area contributed by atoms with Crippen molar-refractivity contribution in [1.82, 2.24) is 0 Å². The largest absolute Gasteiger partial charge is 0.506 e. The van der Waals surface area contributed by atoms with Crippen LogP contribution in [0.15, 0.2) is 71.7 Å². The van der Waals surface area contributed by atoms with Crippen LogP contribution in [-0.2, 0) is 6.42 Å². The number of rotatable bonds is 6. The predicted octanol–water partition coefficient (Wildman–Crippen LogP) is 5.79. The van der Waals surface area contributed by atoms with Crippen LogP contribution >= 0.6 is 11.6 Å². The smallest absolute Gasteiger partial charge is 0.141 e. The van der Waals surface area contributed by atoms with Gasteiger partial charge in [-0.25, -0.2) is 0 Å². The molecule has 0 spiro atoms. The number of hydrogen-bond acceptors (Lipinski definition) is 3. The Kier molecular flexibility index (Phi) is 5.92. The van der Waals surface area contributed by atoms with E-state index in [0.717, 1.165) is 27.5 Å². The van der Waals surface area contributed by atoms with Crippen molar-refractivity contribution < 1.29 is 9.84 Å². The molecule has 3 aromatic rings. The summed E-state index contributed by atoms with van der Waals surface area (Å²) in [6, 6.07) is 20.8. The lowest BCUT2D eigenvalue weighted by Crippen LogP contribution is -1.91. The van der Waals surface area contributed by atoms with Gasteiger partial charge in [-0.15, -0.1) is 0 Å². The number of hydrogen-bond donors (Lipinski definition) is 1. The lowest BCUT2D eigenvalue weighted by molar-refractivity contribution is 0.340. The molecule has 0 amide bonds. The van der Waals surface area contributed by atoms with E-state index in [-0.39, 0.29) is 5.75 Å². The van der Waals surface area contributed by atoms with Crippen molar-refractivity contribution in [2.75, 3.05) is 6.61 Å². The number of benzene rings is 3. The highest BCUT2D eigenvalue weighted by Gasteiger charge is 2.05. The van der Waals surface area contributed by atoms with Crippen molar-refractivity contribution in [3.05, 3.63) is 88.4 Å². The molecule has 0 radical (unpaired) electrons. The van der Waals surface area contributed by atoms with Crippen molar-refractivity contribution in [2.45, 2.75) is 13.3 Å². The SMILES string of the molecule is CCOc1ccc(C=Nc2cc(Cc3ccccc3Cl)ccc2O)cc1. The molecule has 1 N–H and O–H groups in total. The van der Waals surface area contributed by atoms with Gasteiger partial charge < -0.3 is 9.84 Å². The molecule has 0 unspecified atom stereocenters. The molecular formula is C22H20ClNO2. The average Bonchev–Trinajstić information content (AvgIpc) is 2.65. The van der Waals surface area contributed by atoms with Crippen LogP contribution in [0.3, 0.4) is 0 Å². The van der Waals surface area contributed by atoms with E-state index in [1.165, 1.54) is 0 Å². The maximum absolute atomic E-state index is 10.1. The Bertz CT molecular complexity index is 904. The summed E-state index contributed by atoms with van der Waals surface area (Å²) in [4.78, 5) is 4.43. The Morgan fingerprint density at radius 2 is 1.81 bits per heavy atom. The Hall–Kier alpha value is -2.78. The van der Waals surface area contributed by atoms with Crippen LogP contribution in [-0.4, -0.2) is 17.9 Å². The van der Waals surface area contributed by atoms with Gasteiger partial charge in [0.05, 0.1) is 6.61 Å². The van der Waals surface area contributed by atoms with Crippen LogP contribution in [0.5, 0.6) is 11.5 Å². The van der Waals surface area contributed by atoms with Gasteiger partial charge in [-0.1, -0.05) is 35.9 Å². The molecule has 0 aliphatic heterocycles. The van der Waals surface area contributed by atoms with Gasteiger partial charge in [0.1, 0.15) is 17.2 Å². The lowest BCUT2D eigenvalue weighted by Gasteiger charge is -2.07. The second kappa shape index (κ2) is 8.54. The van der Waals surface area contributed by atoms with Crippen LogP contribution in [0.1, 0.15) is 23.6 Å². The third-order valence-corrected chi connectivity index (χ3v) is 4.30. The average molecular weight is 366 g/mol. The fourth-order valence-electron chi connectivity index (χ4n) is 2.60. The first-order chi connectivity index (χ1) is 12.7. The van der Waals surface area contributed by atoms with E-state index in [1.54, 1.807) is 12.3 Å². The highest BCUT2D eigenvalue weighted by Crippen LogP contribution is 2.29. The second-order valence-corrected chi connectivity index (χ2v) is 6.26. The monoisotopic (exact) mass is 365 g/mol. The molecule has 132 valence electrons. The van der Waals surface area contributed by atoms with E-state index in [4.69, 9.17) is 16.3 Å². The minimum absolute atomic E-state index is 0.148. The van der Waals surface area contributed by atoms with Crippen LogP contribution in [0.2, 0.25) is 5.02 Å². The zero-order valence-electron chi connectivity index (χ0n) is 14.5. The third-order valence-electron chi connectivity index (χ3n) is 3.94. The van der Waals surface area contributed by atoms with Gasteiger partial charge in [0.25, 0.3) is 0 Å². The molecule has 3 aromatic carbocycles. The number of phenolic OH excluding ortho intramolecular Hbond substituents is 1. The summed E-state index contributed by atoms with van der Waals surface area (Å²) >= 11 is 6.23. The molecule has 26 heavy (non-hydrogen) atoms. The maximum atomic E-state index is 10.1. The fourth-order valence-corrected chi connectivity index (χ4v) is 2.81. The van der Waals surface area contributed by atoms with E-state index in [1.807, 2.05) is 67.6 Å². The molecule has 3 nitrogen and oxygen atoms in total. The van der Waals surface area contributed by atoms with Gasteiger partial charge >= 0.3 is 0 Å². The molecule has 0 saturated heterocycles. The van der Waals surface area contributed by atoms with Crippen molar-refractivity contribution in [3.8, 4) is 11.5 Å². The maximum Gasteiger partial charge on any atom is 0.141 e. The minimum atomic E-state index is 0.148.